The third kappa shape index (κ3) is 5.16. The van der Waals surface area contributed by atoms with E-state index >= 15 is 0 Å². The standard InChI is InChI=1S/C22H16BrN3O4S2/c23-19-5-2-1-4-18(19)20-12-11-17(30-20)14-24-25-22(27)15-7-9-16(10-8-15)26-32(28,29)21-6-3-13-31-21/h1-14,26H,(H,25,27)/b24-14-. The van der Waals surface area contributed by atoms with Gasteiger partial charge in [-0.15, -0.1) is 11.3 Å². The first kappa shape index (κ1) is 22.0. The quantitative estimate of drug-likeness (QED) is 0.249. The van der Waals surface area contributed by atoms with Crippen molar-refractivity contribution in [2.75, 3.05) is 4.72 Å². The molecule has 0 saturated carbocycles. The number of thiophene rings is 1. The first-order valence-corrected chi connectivity index (χ1v) is 12.4. The Balaban J connectivity index is 1.36. The fourth-order valence-electron chi connectivity index (χ4n) is 2.76. The number of halogens is 1. The van der Waals surface area contributed by atoms with E-state index in [1.165, 1.54) is 36.5 Å². The predicted octanol–water partition coefficient (Wildman–Crippen LogP) is 5.34. The minimum Gasteiger partial charge on any atom is -0.455 e. The zero-order valence-electron chi connectivity index (χ0n) is 16.4. The molecule has 2 N–H and O–H groups in total. The van der Waals surface area contributed by atoms with Crippen LogP contribution in [0, 0.1) is 0 Å². The van der Waals surface area contributed by atoms with Crippen molar-refractivity contribution >= 4 is 55.1 Å². The summed E-state index contributed by atoms with van der Waals surface area (Å²) in [4.78, 5) is 12.3. The Morgan fingerprint density at radius 2 is 1.78 bits per heavy atom. The van der Waals surface area contributed by atoms with E-state index in [9.17, 15) is 13.2 Å². The normalized spacial score (nSPS) is 11.5. The third-order valence-corrected chi connectivity index (χ3v) is 7.75. The number of carbonyl (C=O) groups excluding carboxylic acids is 1. The molecule has 0 bridgehead atoms. The molecule has 0 saturated heterocycles. The van der Waals surface area contributed by atoms with Crippen LogP contribution in [0.15, 0.2) is 96.4 Å². The zero-order chi connectivity index (χ0) is 22.6. The van der Waals surface area contributed by atoms with Gasteiger partial charge in [0.1, 0.15) is 15.7 Å². The highest BCUT2D eigenvalue weighted by Crippen LogP contribution is 2.29. The maximum absolute atomic E-state index is 12.3. The smallest absolute Gasteiger partial charge is 0.271 e. The summed E-state index contributed by atoms with van der Waals surface area (Å²) in [6.07, 6.45) is 1.40. The van der Waals surface area contributed by atoms with Crippen molar-refractivity contribution in [3.8, 4) is 11.3 Å². The lowest BCUT2D eigenvalue weighted by atomic mass is 10.2. The van der Waals surface area contributed by atoms with Crippen LogP contribution in [0.5, 0.6) is 0 Å². The van der Waals surface area contributed by atoms with Crippen LogP contribution in [0.1, 0.15) is 16.1 Å². The van der Waals surface area contributed by atoms with Crippen LogP contribution in [-0.4, -0.2) is 20.5 Å². The van der Waals surface area contributed by atoms with E-state index in [2.05, 4.69) is 31.2 Å². The molecule has 162 valence electrons. The van der Waals surface area contributed by atoms with Crippen LogP contribution < -0.4 is 10.1 Å². The molecule has 0 atom stereocenters. The minimum atomic E-state index is -3.64. The van der Waals surface area contributed by atoms with Crippen molar-refractivity contribution in [1.29, 1.82) is 0 Å². The highest BCUT2D eigenvalue weighted by Gasteiger charge is 2.15. The third-order valence-electron chi connectivity index (χ3n) is 4.28. The number of benzene rings is 2. The second kappa shape index (κ2) is 9.51. The molecule has 7 nitrogen and oxygen atoms in total. The number of nitrogens with one attached hydrogen (secondary N) is 2. The van der Waals surface area contributed by atoms with Crippen LogP contribution in [0.25, 0.3) is 11.3 Å². The summed E-state index contributed by atoms with van der Waals surface area (Å²) < 4.78 is 33.9. The molecule has 0 fully saturated rings. The average Bonchev–Trinajstić information content (AvgIpc) is 3.47. The number of hydrazone groups is 1. The Bertz CT molecular complexity index is 1360. The Morgan fingerprint density at radius 3 is 2.50 bits per heavy atom. The van der Waals surface area contributed by atoms with E-state index in [0.717, 1.165) is 21.4 Å². The van der Waals surface area contributed by atoms with Gasteiger partial charge in [-0.3, -0.25) is 9.52 Å². The number of amides is 1. The summed E-state index contributed by atoms with van der Waals surface area (Å²) >= 11 is 4.61. The number of furan rings is 1. The first-order chi connectivity index (χ1) is 15.4. The molecular formula is C22H16BrN3O4S2. The molecule has 0 aliphatic rings. The van der Waals surface area contributed by atoms with Crippen LogP contribution in [-0.2, 0) is 10.0 Å². The summed E-state index contributed by atoms with van der Waals surface area (Å²) in [5, 5.41) is 5.61. The predicted molar refractivity (Wildman–Crippen MR) is 128 cm³/mol. The molecule has 4 rings (SSSR count). The molecule has 2 aromatic heterocycles. The number of rotatable bonds is 7. The second-order valence-corrected chi connectivity index (χ2v) is 10.2. The molecular weight excluding hydrogens is 514 g/mol. The summed E-state index contributed by atoms with van der Waals surface area (Å²) in [7, 11) is -3.64. The van der Waals surface area contributed by atoms with Gasteiger partial charge in [-0.2, -0.15) is 5.10 Å². The van der Waals surface area contributed by atoms with E-state index in [4.69, 9.17) is 4.42 Å². The SMILES string of the molecule is O=C(N/N=C\c1ccc(-c2ccccc2Br)o1)c1ccc(NS(=O)(=O)c2cccs2)cc1. The first-order valence-electron chi connectivity index (χ1n) is 9.27. The maximum Gasteiger partial charge on any atom is 0.271 e. The van der Waals surface area contributed by atoms with Crippen molar-refractivity contribution in [2.24, 2.45) is 5.10 Å². The van der Waals surface area contributed by atoms with E-state index in [0.29, 0.717) is 22.8 Å². The lowest BCUT2D eigenvalue weighted by Gasteiger charge is -2.07. The Labute approximate surface area is 197 Å². The minimum absolute atomic E-state index is 0.217. The lowest BCUT2D eigenvalue weighted by Crippen LogP contribution is -2.17. The van der Waals surface area contributed by atoms with Gasteiger partial charge in [0.05, 0.1) is 6.21 Å². The number of anilines is 1. The van der Waals surface area contributed by atoms with Crippen molar-refractivity contribution < 1.29 is 17.6 Å². The summed E-state index contributed by atoms with van der Waals surface area (Å²) in [5.41, 5.74) is 4.01. The number of carbonyl (C=O) groups is 1. The Kier molecular flexibility index (Phi) is 6.54. The van der Waals surface area contributed by atoms with Gasteiger partial charge >= 0.3 is 0 Å². The van der Waals surface area contributed by atoms with Gasteiger partial charge in [0, 0.05) is 21.3 Å². The summed E-state index contributed by atoms with van der Waals surface area (Å²) in [6.45, 7) is 0. The fraction of sp³-hybridized carbons (Fsp3) is 0. The molecule has 4 aromatic rings. The number of hydrogen-bond donors (Lipinski definition) is 2. The topological polar surface area (TPSA) is 101 Å². The van der Waals surface area contributed by atoms with E-state index < -0.39 is 15.9 Å². The molecule has 1 amide bonds. The fourth-order valence-corrected chi connectivity index (χ4v) is 5.29. The van der Waals surface area contributed by atoms with Crippen molar-refractivity contribution in [2.45, 2.75) is 4.21 Å². The molecule has 0 spiro atoms. The molecule has 0 aliphatic heterocycles. The van der Waals surface area contributed by atoms with Crippen LogP contribution >= 0.6 is 27.3 Å². The summed E-state index contributed by atoms with van der Waals surface area (Å²) in [5.74, 6) is 0.715. The zero-order valence-corrected chi connectivity index (χ0v) is 19.6. The Hall–Kier alpha value is -3.21. The second-order valence-electron chi connectivity index (χ2n) is 6.50. The van der Waals surface area contributed by atoms with Gasteiger partial charge in [0.2, 0.25) is 0 Å². The molecule has 10 heteroatoms. The van der Waals surface area contributed by atoms with E-state index in [-0.39, 0.29) is 4.21 Å². The highest BCUT2D eigenvalue weighted by molar-refractivity contribution is 9.10. The van der Waals surface area contributed by atoms with E-state index in [1.54, 1.807) is 17.5 Å². The number of nitrogens with zero attached hydrogens (tertiary/aromatic N) is 1. The maximum atomic E-state index is 12.3. The molecule has 2 heterocycles. The van der Waals surface area contributed by atoms with Crippen molar-refractivity contribution in [3.63, 3.8) is 0 Å². The number of hydrogen-bond acceptors (Lipinski definition) is 6. The average molecular weight is 530 g/mol. The van der Waals surface area contributed by atoms with Crippen LogP contribution in [0.3, 0.4) is 0 Å². The molecule has 0 unspecified atom stereocenters. The molecule has 0 aliphatic carbocycles. The summed E-state index contributed by atoms with van der Waals surface area (Å²) in [6, 6.07) is 20.5. The Morgan fingerprint density at radius 1 is 1.00 bits per heavy atom. The van der Waals surface area contributed by atoms with Gasteiger partial charge in [-0.25, -0.2) is 13.8 Å². The van der Waals surface area contributed by atoms with Crippen molar-refractivity contribution in [1.82, 2.24) is 5.43 Å². The van der Waals surface area contributed by atoms with E-state index in [1.807, 2.05) is 30.3 Å². The van der Waals surface area contributed by atoms with Crippen molar-refractivity contribution in [3.05, 3.63) is 94.0 Å². The van der Waals surface area contributed by atoms with Crippen LogP contribution in [0.4, 0.5) is 5.69 Å². The van der Waals surface area contributed by atoms with Gasteiger partial charge in [0.15, 0.2) is 0 Å². The van der Waals surface area contributed by atoms with Gasteiger partial charge in [-0.1, -0.05) is 40.2 Å². The van der Waals surface area contributed by atoms with Gasteiger partial charge < -0.3 is 4.42 Å². The largest absolute Gasteiger partial charge is 0.455 e. The highest BCUT2D eigenvalue weighted by atomic mass is 79.9. The molecule has 2 aromatic carbocycles. The lowest BCUT2D eigenvalue weighted by molar-refractivity contribution is 0.0955. The van der Waals surface area contributed by atoms with Gasteiger partial charge in [-0.05, 0) is 53.9 Å². The molecule has 0 radical (unpaired) electrons. The molecule has 32 heavy (non-hydrogen) atoms. The van der Waals surface area contributed by atoms with Crippen LogP contribution in [0.2, 0.25) is 0 Å². The number of sulfonamides is 1. The monoisotopic (exact) mass is 529 g/mol. The van der Waals surface area contributed by atoms with Gasteiger partial charge in [0.25, 0.3) is 15.9 Å².